The largest absolute Gasteiger partial charge is 0.468 e. The van der Waals surface area contributed by atoms with Crippen molar-refractivity contribution in [1.82, 2.24) is 4.90 Å². The molecule has 2 aliphatic heterocycles. The Morgan fingerprint density at radius 1 is 1.07 bits per heavy atom. The zero-order chi connectivity index (χ0) is 20.5. The van der Waals surface area contributed by atoms with Gasteiger partial charge in [-0.1, -0.05) is 58.0 Å². The Kier molecular flexibility index (Phi) is 14.8. The van der Waals surface area contributed by atoms with Crippen LogP contribution in [0.15, 0.2) is 30.3 Å². The third-order valence-electron chi connectivity index (χ3n) is 4.44. The summed E-state index contributed by atoms with van der Waals surface area (Å²) in [4.78, 5) is 11.7. The molecule has 0 radical (unpaired) electrons. The molecule has 1 aromatic carbocycles. The third-order valence-corrected chi connectivity index (χ3v) is 4.44. The standard InChI is InChI=1S/C15H21NO2.C3H6O2.2C2H6/c1-13(14-5-3-2-4-6-14)16-9-7-15(8-10-16)17-11-12-18-15;1-2-5-3-4;2*1-2/h2-6,13H,7-12H2,1H3;3H,2H2,1H3;2*1-2H3. The van der Waals surface area contributed by atoms with Gasteiger partial charge in [0.2, 0.25) is 0 Å². The Labute approximate surface area is 166 Å². The van der Waals surface area contributed by atoms with Crippen LogP contribution >= 0.6 is 0 Å². The summed E-state index contributed by atoms with van der Waals surface area (Å²) >= 11 is 0. The van der Waals surface area contributed by atoms with E-state index in [0.717, 1.165) is 39.1 Å². The van der Waals surface area contributed by atoms with Crippen molar-refractivity contribution < 1.29 is 19.0 Å². The number of benzene rings is 1. The van der Waals surface area contributed by atoms with Crippen LogP contribution in [0.5, 0.6) is 0 Å². The molecule has 3 rings (SSSR count). The van der Waals surface area contributed by atoms with E-state index in [4.69, 9.17) is 9.47 Å². The molecule has 0 amide bonds. The Hall–Kier alpha value is -1.43. The van der Waals surface area contributed by atoms with Gasteiger partial charge in [0.15, 0.2) is 5.79 Å². The van der Waals surface area contributed by atoms with Crippen molar-refractivity contribution in [1.29, 1.82) is 0 Å². The van der Waals surface area contributed by atoms with Crippen molar-refractivity contribution in [2.75, 3.05) is 32.9 Å². The van der Waals surface area contributed by atoms with E-state index in [1.165, 1.54) is 5.56 Å². The topological polar surface area (TPSA) is 48.0 Å². The fourth-order valence-corrected chi connectivity index (χ4v) is 3.05. The molecule has 1 unspecified atom stereocenters. The van der Waals surface area contributed by atoms with Crippen LogP contribution in [-0.4, -0.2) is 50.1 Å². The number of hydrogen-bond donors (Lipinski definition) is 0. The summed E-state index contributed by atoms with van der Waals surface area (Å²) in [5.74, 6) is -0.257. The van der Waals surface area contributed by atoms with Gasteiger partial charge in [-0.25, -0.2) is 0 Å². The van der Waals surface area contributed by atoms with Crippen LogP contribution in [0.4, 0.5) is 0 Å². The van der Waals surface area contributed by atoms with E-state index in [9.17, 15) is 4.79 Å². The second kappa shape index (κ2) is 15.6. The summed E-state index contributed by atoms with van der Waals surface area (Å²) < 4.78 is 15.7. The fourth-order valence-electron chi connectivity index (χ4n) is 3.05. The van der Waals surface area contributed by atoms with Crippen LogP contribution in [0.3, 0.4) is 0 Å². The molecular weight excluding hydrogens is 342 g/mol. The van der Waals surface area contributed by atoms with E-state index >= 15 is 0 Å². The highest BCUT2D eigenvalue weighted by atomic mass is 16.7. The molecule has 2 heterocycles. The Morgan fingerprint density at radius 2 is 1.59 bits per heavy atom. The highest BCUT2D eigenvalue weighted by molar-refractivity contribution is 5.36. The zero-order valence-corrected chi connectivity index (χ0v) is 18.1. The summed E-state index contributed by atoms with van der Waals surface area (Å²) in [7, 11) is 0. The number of rotatable bonds is 4. The molecule has 0 aliphatic carbocycles. The molecule has 0 saturated carbocycles. The minimum absolute atomic E-state index is 0.257. The number of piperidine rings is 1. The van der Waals surface area contributed by atoms with Crippen LogP contribution in [0, 0.1) is 0 Å². The number of nitrogens with zero attached hydrogens (tertiary/aromatic N) is 1. The van der Waals surface area contributed by atoms with E-state index in [1.807, 2.05) is 27.7 Å². The van der Waals surface area contributed by atoms with Gasteiger partial charge in [-0.2, -0.15) is 0 Å². The van der Waals surface area contributed by atoms with E-state index in [1.54, 1.807) is 6.92 Å². The Morgan fingerprint density at radius 3 is 2.00 bits per heavy atom. The maximum absolute atomic E-state index is 9.18. The minimum atomic E-state index is -0.257. The molecule has 27 heavy (non-hydrogen) atoms. The molecular formula is C22H39NO4. The number of carbonyl (C=O) groups excluding carboxylic acids is 1. The lowest BCUT2D eigenvalue weighted by atomic mass is 9.99. The number of carbonyl (C=O) groups is 1. The van der Waals surface area contributed by atoms with Crippen molar-refractivity contribution >= 4 is 6.47 Å². The van der Waals surface area contributed by atoms with Crippen molar-refractivity contribution in [3.63, 3.8) is 0 Å². The summed E-state index contributed by atoms with van der Waals surface area (Å²) in [5, 5.41) is 0. The van der Waals surface area contributed by atoms with E-state index in [0.29, 0.717) is 19.1 Å². The SMILES string of the molecule is CC.CC.CC(c1ccccc1)N1CCC2(CC1)OCCO2.CCOC=O. The lowest BCUT2D eigenvalue weighted by molar-refractivity contribution is -0.187. The van der Waals surface area contributed by atoms with Gasteiger partial charge in [0.05, 0.1) is 19.8 Å². The van der Waals surface area contributed by atoms with Gasteiger partial charge in [-0.15, -0.1) is 0 Å². The predicted molar refractivity (Wildman–Crippen MR) is 111 cm³/mol. The predicted octanol–water partition coefficient (Wildman–Crippen LogP) is 4.82. The molecule has 0 N–H and O–H groups in total. The third kappa shape index (κ3) is 8.87. The molecule has 2 saturated heterocycles. The lowest BCUT2D eigenvalue weighted by Crippen LogP contribution is -2.45. The van der Waals surface area contributed by atoms with Gasteiger partial charge < -0.3 is 14.2 Å². The van der Waals surface area contributed by atoms with Gasteiger partial charge in [-0.3, -0.25) is 9.69 Å². The molecule has 0 aromatic heterocycles. The Bertz CT molecular complexity index is 451. The van der Waals surface area contributed by atoms with Crippen molar-refractivity contribution in [3.05, 3.63) is 35.9 Å². The van der Waals surface area contributed by atoms with Crippen LogP contribution in [0.1, 0.15) is 66.0 Å². The maximum Gasteiger partial charge on any atom is 0.293 e. The average molecular weight is 382 g/mol. The Balaban J connectivity index is 0.000000646. The maximum atomic E-state index is 9.18. The number of hydrogen-bond acceptors (Lipinski definition) is 5. The first-order valence-electron chi connectivity index (χ1n) is 10.3. The van der Waals surface area contributed by atoms with Gasteiger partial charge >= 0.3 is 0 Å². The second-order valence-electron chi connectivity index (χ2n) is 5.78. The quantitative estimate of drug-likeness (QED) is 0.700. The molecule has 1 spiro atoms. The van der Waals surface area contributed by atoms with Gasteiger partial charge in [0.1, 0.15) is 0 Å². The van der Waals surface area contributed by atoms with E-state index in [2.05, 4.69) is 46.9 Å². The molecule has 156 valence electrons. The first kappa shape index (κ1) is 25.6. The van der Waals surface area contributed by atoms with Gasteiger partial charge in [0, 0.05) is 32.0 Å². The fraction of sp³-hybridized carbons (Fsp3) is 0.682. The molecule has 5 nitrogen and oxygen atoms in total. The second-order valence-corrected chi connectivity index (χ2v) is 5.78. The number of ether oxygens (including phenoxy) is 3. The average Bonchev–Trinajstić information content (AvgIpc) is 3.21. The summed E-state index contributed by atoms with van der Waals surface area (Å²) in [6.07, 6.45) is 1.98. The first-order valence-corrected chi connectivity index (χ1v) is 10.3. The molecule has 0 bridgehead atoms. The summed E-state index contributed by atoms with van der Waals surface area (Å²) in [6, 6.07) is 11.2. The van der Waals surface area contributed by atoms with Gasteiger partial charge in [-0.05, 0) is 19.4 Å². The van der Waals surface area contributed by atoms with Crippen LogP contribution in [0.2, 0.25) is 0 Å². The minimum Gasteiger partial charge on any atom is -0.468 e. The van der Waals surface area contributed by atoms with Crippen LogP contribution in [-0.2, 0) is 19.0 Å². The molecule has 2 aliphatic rings. The molecule has 1 atom stereocenters. The molecule has 2 fully saturated rings. The number of likely N-dealkylation sites (tertiary alicyclic amines) is 1. The first-order chi connectivity index (χ1) is 13.2. The van der Waals surface area contributed by atoms with E-state index in [-0.39, 0.29) is 5.79 Å². The molecule has 1 aromatic rings. The highest BCUT2D eigenvalue weighted by Gasteiger charge is 2.40. The highest BCUT2D eigenvalue weighted by Crippen LogP contribution is 2.34. The lowest BCUT2D eigenvalue weighted by Gasteiger charge is -2.40. The van der Waals surface area contributed by atoms with Gasteiger partial charge in [0.25, 0.3) is 6.47 Å². The van der Waals surface area contributed by atoms with Crippen molar-refractivity contribution in [3.8, 4) is 0 Å². The van der Waals surface area contributed by atoms with E-state index < -0.39 is 0 Å². The van der Waals surface area contributed by atoms with Crippen molar-refractivity contribution in [2.24, 2.45) is 0 Å². The van der Waals surface area contributed by atoms with Crippen molar-refractivity contribution in [2.45, 2.75) is 66.2 Å². The monoisotopic (exact) mass is 381 g/mol. The molecule has 5 heteroatoms. The van der Waals surface area contributed by atoms with Crippen LogP contribution < -0.4 is 0 Å². The normalized spacial score (nSPS) is 18.6. The van der Waals surface area contributed by atoms with Crippen LogP contribution in [0.25, 0.3) is 0 Å². The summed E-state index contributed by atoms with van der Waals surface area (Å²) in [5.41, 5.74) is 1.39. The summed E-state index contributed by atoms with van der Waals surface area (Å²) in [6.45, 7) is 16.6. The zero-order valence-electron chi connectivity index (χ0n) is 18.1. The smallest absolute Gasteiger partial charge is 0.293 e.